The van der Waals surface area contributed by atoms with Gasteiger partial charge in [0.05, 0.1) is 0 Å². The summed E-state index contributed by atoms with van der Waals surface area (Å²) in [5.74, 6) is 5.96. The van der Waals surface area contributed by atoms with Gasteiger partial charge in [0, 0.05) is 10.5 Å². The summed E-state index contributed by atoms with van der Waals surface area (Å²) in [4.78, 5) is 0. The van der Waals surface area contributed by atoms with E-state index in [2.05, 4.69) is 35.2 Å². The first-order chi connectivity index (χ1) is 7.94. The summed E-state index contributed by atoms with van der Waals surface area (Å²) in [5.41, 5.74) is 3.88. The Labute approximate surface area is 110 Å². The Balaban J connectivity index is 2.11. The molecule has 0 saturated heterocycles. The molecule has 2 atom stereocenters. The van der Waals surface area contributed by atoms with Crippen molar-refractivity contribution in [2.75, 3.05) is 0 Å². The minimum absolute atomic E-state index is 0.147. The number of hydrogen-bond acceptors (Lipinski definition) is 2. The molecule has 94 valence electrons. The highest BCUT2D eigenvalue weighted by Crippen LogP contribution is 2.53. The predicted molar refractivity (Wildman–Crippen MR) is 70.8 cm³/mol. The summed E-state index contributed by atoms with van der Waals surface area (Å²) < 4.78 is 14.6. The molecule has 2 rings (SSSR count). The van der Waals surface area contributed by atoms with Gasteiger partial charge in [-0.15, -0.1) is 0 Å². The van der Waals surface area contributed by atoms with E-state index in [9.17, 15) is 4.39 Å². The monoisotopic (exact) mass is 300 g/mol. The lowest BCUT2D eigenvalue weighted by atomic mass is 9.97. The highest BCUT2D eigenvalue weighted by Gasteiger charge is 2.49. The molecule has 1 aliphatic rings. The van der Waals surface area contributed by atoms with E-state index in [1.165, 1.54) is 6.07 Å². The van der Waals surface area contributed by atoms with E-state index in [1.54, 1.807) is 6.07 Å². The fourth-order valence-corrected chi connectivity index (χ4v) is 2.86. The summed E-state index contributed by atoms with van der Waals surface area (Å²) in [6.07, 6.45) is 1.79. The normalized spacial score (nSPS) is 23.5. The molecule has 3 N–H and O–H groups in total. The van der Waals surface area contributed by atoms with Crippen molar-refractivity contribution in [1.82, 2.24) is 5.43 Å². The molecule has 2 nitrogen and oxygen atoms in total. The number of rotatable bonds is 4. The molecule has 0 heterocycles. The lowest BCUT2D eigenvalue weighted by Gasteiger charge is -2.18. The van der Waals surface area contributed by atoms with Crippen LogP contribution in [0.2, 0.25) is 0 Å². The van der Waals surface area contributed by atoms with Crippen LogP contribution in [0.1, 0.15) is 25.8 Å². The van der Waals surface area contributed by atoms with Crippen LogP contribution >= 0.6 is 15.9 Å². The highest BCUT2D eigenvalue weighted by atomic mass is 79.9. The summed E-state index contributed by atoms with van der Waals surface area (Å²) in [6, 6.07) is 5.18. The quantitative estimate of drug-likeness (QED) is 0.663. The largest absolute Gasteiger partial charge is 0.271 e. The predicted octanol–water partition coefficient (Wildman–Crippen LogP) is 3.01. The van der Waals surface area contributed by atoms with E-state index < -0.39 is 0 Å². The van der Waals surface area contributed by atoms with Gasteiger partial charge in [-0.3, -0.25) is 11.3 Å². The Morgan fingerprint density at radius 2 is 2.24 bits per heavy atom. The average molecular weight is 301 g/mol. The maximum atomic E-state index is 13.7. The maximum Gasteiger partial charge on any atom is 0.126 e. The second-order valence-corrected chi connectivity index (χ2v) is 6.43. The first-order valence-corrected chi connectivity index (χ1v) is 6.63. The van der Waals surface area contributed by atoms with Crippen molar-refractivity contribution in [3.05, 3.63) is 34.1 Å². The molecule has 1 aliphatic carbocycles. The van der Waals surface area contributed by atoms with Crippen LogP contribution in [0.5, 0.6) is 0 Å². The molecule has 1 saturated carbocycles. The molecule has 0 radical (unpaired) electrons. The van der Waals surface area contributed by atoms with Gasteiger partial charge in [0.15, 0.2) is 0 Å². The fourth-order valence-electron chi connectivity index (χ4n) is 2.45. The lowest BCUT2D eigenvalue weighted by Crippen LogP contribution is -2.39. The Kier molecular flexibility index (Phi) is 3.57. The van der Waals surface area contributed by atoms with Crippen LogP contribution in [-0.2, 0) is 6.42 Å². The van der Waals surface area contributed by atoms with Gasteiger partial charge in [-0.05, 0) is 47.9 Å². The summed E-state index contributed by atoms with van der Waals surface area (Å²) in [5, 5.41) is 0. The molecule has 1 fully saturated rings. The minimum atomic E-state index is -0.160. The standard InChI is InChI=1S/C13H18BrFN2/c1-13(2)7-10(13)12(17-16)6-8-5-9(14)3-4-11(8)15/h3-5,10,12,17H,6-7,16H2,1-2H3. The molecule has 0 aliphatic heterocycles. The van der Waals surface area contributed by atoms with Crippen LogP contribution in [0, 0.1) is 17.2 Å². The molecular weight excluding hydrogens is 283 g/mol. The van der Waals surface area contributed by atoms with E-state index >= 15 is 0 Å². The van der Waals surface area contributed by atoms with Crippen molar-refractivity contribution >= 4 is 15.9 Å². The first kappa shape index (κ1) is 13.0. The number of nitrogens with one attached hydrogen (secondary N) is 1. The summed E-state index contributed by atoms with van der Waals surface area (Å²) in [7, 11) is 0. The third kappa shape index (κ3) is 2.87. The van der Waals surface area contributed by atoms with Crippen molar-refractivity contribution in [2.45, 2.75) is 32.7 Å². The van der Waals surface area contributed by atoms with E-state index in [-0.39, 0.29) is 11.9 Å². The molecule has 0 aromatic heterocycles. The van der Waals surface area contributed by atoms with Gasteiger partial charge in [-0.1, -0.05) is 29.8 Å². The zero-order chi connectivity index (χ0) is 12.6. The average Bonchev–Trinajstić information content (AvgIpc) is 2.89. The summed E-state index contributed by atoms with van der Waals surface area (Å²) in [6.45, 7) is 4.44. The number of hydrogen-bond donors (Lipinski definition) is 2. The van der Waals surface area contributed by atoms with Crippen molar-refractivity contribution in [3.8, 4) is 0 Å². The second-order valence-electron chi connectivity index (χ2n) is 5.51. The van der Waals surface area contributed by atoms with E-state index in [1.807, 2.05) is 6.07 Å². The van der Waals surface area contributed by atoms with Crippen molar-refractivity contribution in [2.24, 2.45) is 17.2 Å². The molecule has 0 bridgehead atoms. The van der Waals surface area contributed by atoms with Crippen molar-refractivity contribution < 1.29 is 4.39 Å². The zero-order valence-corrected chi connectivity index (χ0v) is 11.7. The number of hydrazine groups is 1. The van der Waals surface area contributed by atoms with Crippen molar-refractivity contribution in [3.63, 3.8) is 0 Å². The molecule has 0 amide bonds. The number of benzene rings is 1. The molecule has 1 aromatic rings. The van der Waals surface area contributed by atoms with E-state index in [0.29, 0.717) is 23.3 Å². The van der Waals surface area contributed by atoms with Crippen LogP contribution in [0.25, 0.3) is 0 Å². The third-order valence-corrected chi connectivity index (χ3v) is 4.23. The van der Waals surface area contributed by atoms with Gasteiger partial charge in [0.1, 0.15) is 5.82 Å². The van der Waals surface area contributed by atoms with E-state index in [4.69, 9.17) is 5.84 Å². The fraction of sp³-hybridized carbons (Fsp3) is 0.538. The van der Waals surface area contributed by atoms with Gasteiger partial charge in [-0.2, -0.15) is 0 Å². The molecule has 2 unspecified atom stereocenters. The molecular formula is C13H18BrFN2. The van der Waals surface area contributed by atoms with Crippen LogP contribution < -0.4 is 11.3 Å². The van der Waals surface area contributed by atoms with Gasteiger partial charge >= 0.3 is 0 Å². The maximum absolute atomic E-state index is 13.7. The van der Waals surface area contributed by atoms with Gasteiger partial charge in [0.25, 0.3) is 0 Å². The first-order valence-electron chi connectivity index (χ1n) is 5.84. The molecule has 17 heavy (non-hydrogen) atoms. The van der Waals surface area contributed by atoms with Crippen LogP contribution in [-0.4, -0.2) is 6.04 Å². The molecule has 1 aromatic carbocycles. The SMILES string of the molecule is CC1(C)CC1C(Cc1cc(Br)ccc1F)NN. The van der Waals surface area contributed by atoms with Gasteiger partial charge < -0.3 is 0 Å². The van der Waals surface area contributed by atoms with E-state index in [0.717, 1.165) is 10.9 Å². The Morgan fingerprint density at radius 1 is 1.59 bits per heavy atom. The number of halogens is 2. The molecule has 4 heteroatoms. The zero-order valence-electron chi connectivity index (χ0n) is 10.1. The molecule has 0 spiro atoms. The number of nitrogens with two attached hydrogens (primary N) is 1. The van der Waals surface area contributed by atoms with Gasteiger partial charge in [-0.25, -0.2) is 4.39 Å². The Morgan fingerprint density at radius 3 is 2.76 bits per heavy atom. The smallest absolute Gasteiger partial charge is 0.126 e. The topological polar surface area (TPSA) is 38.0 Å². The van der Waals surface area contributed by atoms with Crippen LogP contribution in [0.4, 0.5) is 4.39 Å². The Hall–Kier alpha value is -0.450. The Bertz CT molecular complexity index is 420. The highest BCUT2D eigenvalue weighted by molar-refractivity contribution is 9.10. The van der Waals surface area contributed by atoms with Crippen LogP contribution in [0.3, 0.4) is 0 Å². The third-order valence-electron chi connectivity index (χ3n) is 3.74. The minimum Gasteiger partial charge on any atom is -0.271 e. The lowest BCUT2D eigenvalue weighted by molar-refractivity contribution is 0.404. The van der Waals surface area contributed by atoms with Gasteiger partial charge in [0.2, 0.25) is 0 Å². The summed E-state index contributed by atoms with van der Waals surface area (Å²) >= 11 is 3.36. The second kappa shape index (κ2) is 4.67. The van der Waals surface area contributed by atoms with Crippen LogP contribution in [0.15, 0.2) is 22.7 Å². The van der Waals surface area contributed by atoms with Crippen molar-refractivity contribution in [1.29, 1.82) is 0 Å².